The highest BCUT2D eigenvalue weighted by Gasteiger charge is 2.25. The van der Waals surface area contributed by atoms with Crippen molar-refractivity contribution in [3.63, 3.8) is 0 Å². The molecule has 34 heteroatoms. The topological polar surface area (TPSA) is 329 Å². The van der Waals surface area contributed by atoms with Crippen LogP contribution in [-0.4, -0.2) is 318 Å². The van der Waals surface area contributed by atoms with Crippen molar-refractivity contribution in [1.29, 1.82) is 0 Å². The zero-order valence-electron chi connectivity index (χ0n) is 93.5. The quantitative estimate of drug-likeness (QED) is 0.0310. The van der Waals surface area contributed by atoms with E-state index in [1.54, 1.807) is 70.6 Å². The lowest BCUT2D eigenvalue weighted by Gasteiger charge is -2.27. The van der Waals surface area contributed by atoms with E-state index >= 15 is 0 Å². The molecule has 6 atom stereocenters. The van der Waals surface area contributed by atoms with Crippen molar-refractivity contribution in [1.82, 2.24) is 19.6 Å². The summed E-state index contributed by atoms with van der Waals surface area (Å²) in [5.74, 6) is 2.67. The van der Waals surface area contributed by atoms with Crippen LogP contribution in [0.4, 0.5) is 0 Å². The van der Waals surface area contributed by atoms with Crippen molar-refractivity contribution in [2.24, 2.45) is 35.5 Å². The highest BCUT2D eigenvalue weighted by atomic mass is 32.2. The Labute approximate surface area is 910 Å². The van der Waals surface area contributed by atoms with Gasteiger partial charge in [-0.05, 0) is 138 Å². The highest BCUT2D eigenvalue weighted by molar-refractivity contribution is 8.00. The Morgan fingerprint density at radius 2 is 0.295 bits per heavy atom. The normalized spacial score (nSPS) is 12.7. The summed E-state index contributed by atoms with van der Waals surface area (Å²) in [5.41, 5.74) is 0. The summed E-state index contributed by atoms with van der Waals surface area (Å²) in [6, 6.07) is 0. The molecule has 0 spiro atoms. The van der Waals surface area contributed by atoms with Gasteiger partial charge in [-0.1, -0.05) is 276 Å². The van der Waals surface area contributed by atoms with E-state index in [0.29, 0.717) is 113 Å². The van der Waals surface area contributed by atoms with E-state index < -0.39 is 35.8 Å². The summed E-state index contributed by atoms with van der Waals surface area (Å²) in [7, 11) is 0. The standard InChI is InChI=1S/C112H206N4O24S6/c1-13-19-25-31-37-45-83-141-89-95(7)107(123)135-77-71-129-101(117)53-65-113(61-51-63-115(67-55-103(119)131-73-79-137-109(125)97(9)91-143-85-47-39-33-27-21-15-3)68-56-104(120)132-74-80-138-110(126)98(10)92-144-86-48-40-34-28-22-16-4)59-43-44-60-114(66-54-102(118)130-72-78-136-108(124)96(8)90-142-84-46-38-32-26-20-14-2)62-52-64-116(69-57-105(121)133-75-81-139-111(127)99(11)93-145-87-49-41-35-29-23-17-5)70-58-106(122)134-76-82-140-112(128)100(12)94-146-88-50-42-36-30-24-18-6/h95-100H,13-94H2,1-12H3. The highest BCUT2D eigenvalue weighted by Crippen LogP contribution is 2.23. The first-order valence-electron chi connectivity index (χ1n) is 57.1. The van der Waals surface area contributed by atoms with E-state index in [1.807, 2.05) is 51.3 Å². The van der Waals surface area contributed by atoms with E-state index in [1.165, 1.54) is 193 Å². The monoisotopic (exact) mass is 2180 g/mol. The molecule has 0 amide bonds. The SMILES string of the molecule is CCCCCCCCSCC(C)C(=O)OCCOC(=O)CCN(CCCCN(CCCN(CCC(=O)OCCOC(=O)C(C)CSCCCCCCCC)CCC(=O)OCCOC(=O)C(C)CSCCCCCCCC)CCC(=O)OCCOC(=O)C(C)CSCCCCCCCC)CCCN(CCC(=O)OCCOC(=O)C(C)CSCCCCCCCC)CCC(=O)OCCOC(=O)C(C)CSCCCCCCCC. The number of carbonyl (C=O) groups is 12. The van der Waals surface area contributed by atoms with Gasteiger partial charge in [0.25, 0.3) is 0 Å². The van der Waals surface area contributed by atoms with E-state index in [4.69, 9.17) is 56.8 Å². The lowest BCUT2D eigenvalue weighted by molar-refractivity contribution is -0.154. The number of carbonyl (C=O) groups excluding carboxylic acids is 12. The summed E-state index contributed by atoms with van der Waals surface area (Å²) in [6.45, 7) is 27.3. The number of hydrogen-bond acceptors (Lipinski definition) is 34. The van der Waals surface area contributed by atoms with Gasteiger partial charge in [-0.3, -0.25) is 57.5 Å². The van der Waals surface area contributed by atoms with Gasteiger partial charge in [0, 0.05) is 73.8 Å². The maximum Gasteiger partial charge on any atom is 0.309 e. The molecule has 0 aromatic rings. The van der Waals surface area contributed by atoms with E-state index in [2.05, 4.69) is 51.3 Å². The Hall–Kier alpha value is -4.42. The molecular weight excluding hydrogens is 1980 g/mol. The number of unbranched alkanes of at least 4 members (excludes halogenated alkanes) is 31. The van der Waals surface area contributed by atoms with E-state index in [-0.39, 0.29) is 215 Å². The molecule has 28 nitrogen and oxygen atoms in total. The van der Waals surface area contributed by atoms with Crippen LogP contribution in [0.1, 0.15) is 378 Å². The van der Waals surface area contributed by atoms with Gasteiger partial charge in [0.1, 0.15) is 79.3 Å². The molecule has 0 fully saturated rings. The molecule has 0 radical (unpaired) electrons. The second-order valence-electron chi connectivity index (χ2n) is 39.1. The molecule has 0 aromatic carbocycles. The number of thioether (sulfide) groups is 6. The molecule has 0 aromatic heterocycles. The number of nitrogens with zero attached hydrogens (tertiary/aromatic N) is 4. The smallest absolute Gasteiger partial charge is 0.309 e. The molecule has 0 saturated carbocycles. The summed E-state index contributed by atoms with van der Waals surface area (Å²) < 4.78 is 66.9. The molecule has 854 valence electrons. The third-order valence-corrected chi connectivity index (χ3v) is 32.8. The minimum Gasteiger partial charge on any atom is -0.462 e. The van der Waals surface area contributed by atoms with Crippen LogP contribution in [0.3, 0.4) is 0 Å². The Balaban J connectivity index is 7.13. The minimum atomic E-state index is -0.511. The van der Waals surface area contributed by atoms with Crippen LogP contribution in [-0.2, 0) is 114 Å². The molecule has 0 aliphatic heterocycles. The largest absolute Gasteiger partial charge is 0.462 e. The summed E-state index contributed by atoms with van der Waals surface area (Å²) in [5, 5.41) is 0. The zero-order chi connectivity index (χ0) is 107. The average molecular weight is 2190 g/mol. The first kappa shape index (κ1) is 142. The van der Waals surface area contributed by atoms with Crippen LogP contribution in [0.2, 0.25) is 0 Å². The van der Waals surface area contributed by atoms with Crippen LogP contribution >= 0.6 is 70.6 Å². The maximum absolute atomic E-state index is 13.7. The first-order chi connectivity index (χ1) is 70.8. The van der Waals surface area contributed by atoms with Crippen LogP contribution < -0.4 is 0 Å². The van der Waals surface area contributed by atoms with E-state index in [0.717, 1.165) is 73.0 Å². The van der Waals surface area contributed by atoms with Gasteiger partial charge in [-0.2, -0.15) is 70.6 Å². The zero-order valence-corrected chi connectivity index (χ0v) is 98.4. The first-order valence-corrected chi connectivity index (χ1v) is 64.1. The van der Waals surface area contributed by atoms with Gasteiger partial charge in [0.15, 0.2) is 0 Å². The molecule has 0 heterocycles. The molecule has 0 rings (SSSR count). The fourth-order valence-electron chi connectivity index (χ4n) is 15.5. The van der Waals surface area contributed by atoms with Gasteiger partial charge in [-0.25, -0.2) is 0 Å². The predicted octanol–water partition coefficient (Wildman–Crippen LogP) is 23.0. The predicted molar refractivity (Wildman–Crippen MR) is 603 cm³/mol. The van der Waals surface area contributed by atoms with Gasteiger partial charge >= 0.3 is 71.6 Å². The Bertz CT molecular complexity index is 2870. The second kappa shape index (κ2) is 105. The Morgan fingerprint density at radius 1 is 0.164 bits per heavy atom. The van der Waals surface area contributed by atoms with Crippen LogP contribution in [0, 0.1) is 35.5 Å². The van der Waals surface area contributed by atoms with Gasteiger partial charge in [0.05, 0.1) is 74.0 Å². The lowest BCUT2D eigenvalue weighted by Crippen LogP contribution is -2.36. The summed E-state index contributed by atoms with van der Waals surface area (Å²) in [4.78, 5) is 167. The van der Waals surface area contributed by atoms with Crippen molar-refractivity contribution < 1.29 is 114 Å². The third-order valence-electron chi connectivity index (χ3n) is 24.9. The van der Waals surface area contributed by atoms with E-state index in [9.17, 15) is 57.5 Å². The Kier molecular flexibility index (Phi) is 102. The van der Waals surface area contributed by atoms with Crippen molar-refractivity contribution in [2.75, 3.05) is 227 Å². The van der Waals surface area contributed by atoms with Crippen LogP contribution in [0.5, 0.6) is 0 Å². The van der Waals surface area contributed by atoms with Gasteiger partial charge in [-0.15, -0.1) is 0 Å². The maximum atomic E-state index is 13.7. The molecule has 6 unspecified atom stereocenters. The van der Waals surface area contributed by atoms with Crippen molar-refractivity contribution in [3.05, 3.63) is 0 Å². The second-order valence-corrected chi connectivity index (χ2v) is 46.0. The van der Waals surface area contributed by atoms with Crippen molar-refractivity contribution in [3.8, 4) is 0 Å². The molecule has 0 aliphatic carbocycles. The molecule has 0 N–H and O–H groups in total. The molecule has 146 heavy (non-hydrogen) atoms. The number of ether oxygens (including phenoxy) is 12. The van der Waals surface area contributed by atoms with Crippen molar-refractivity contribution in [2.45, 2.75) is 378 Å². The van der Waals surface area contributed by atoms with Crippen LogP contribution in [0.25, 0.3) is 0 Å². The lowest BCUT2D eigenvalue weighted by atomic mass is 10.1. The third kappa shape index (κ3) is 92.1. The summed E-state index contributed by atoms with van der Waals surface area (Å²) >= 11 is 10.5. The molecule has 0 saturated heterocycles. The number of esters is 12. The molecule has 0 bridgehead atoms. The summed E-state index contributed by atoms with van der Waals surface area (Å²) in [6.07, 6.45) is 45.3. The molecular formula is C112H206N4O24S6. The molecule has 0 aliphatic rings. The Morgan fingerprint density at radius 3 is 0.452 bits per heavy atom. The fraction of sp³-hybridized carbons (Fsp3) is 0.893. The number of hydrogen-bond donors (Lipinski definition) is 0. The van der Waals surface area contributed by atoms with Gasteiger partial charge in [0.2, 0.25) is 0 Å². The van der Waals surface area contributed by atoms with Gasteiger partial charge < -0.3 is 76.4 Å². The van der Waals surface area contributed by atoms with Crippen molar-refractivity contribution >= 4 is 142 Å². The van der Waals surface area contributed by atoms with Crippen LogP contribution in [0.15, 0.2) is 0 Å². The fourth-order valence-corrected chi connectivity index (χ4v) is 21.9. The average Bonchev–Trinajstić information content (AvgIpc) is 0.959. The minimum absolute atomic E-state index is 0.0116. The number of rotatable bonds is 109.